The van der Waals surface area contributed by atoms with E-state index in [1.165, 1.54) is 24.3 Å². The molecular weight excluding hydrogens is 353 g/mol. The average molecular weight is 371 g/mol. The van der Waals surface area contributed by atoms with Crippen molar-refractivity contribution in [2.24, 2.45) is 0 Å². The molecule has 8 heteroatoms. The second kappa shape index (κ2) is 6.62. The first-order valence-corrected chi connectivity index (χ1v) is 8.64. The van der Waals surface area contributed by atoms with E-state index in [-0.39, 0.29) is 42.0 Å². The molecule has 0 bridgehead atoms. The molecule has 0 radical (unpaired) electrons. The minimum Gasteiger partial charge on any atom is -0.361 e. The second-order valence-electron chi connectivity index (χ2n) is 6.83. The van der Waals surface area contributed by atoms with E-state index in [9.17, 15) is 18.8 Å². The predicted molar refractivity (Wildman–Crippen MR) is 95.0 cm³/mol. The Morgan fingerprint density at radius 1 is 1.11 bits per heavy atom. The number of aromatic amines is 1. The fourth-order valence-electron chi connectivity index (χ4n) is 3.58. The van der Waals surface area contributed by atoms with E-state index < -0.39 is 5.60 Å². The third-order valence-electron chi connectivity index (χ3n) is 4.99. The molecule has 2 saturated heterocycles. The maximum Gasteiger partial charge on any atom is 0.270 e. The lowest BCUT2D eigenvalue weighted by Gasteiger charge is -2.40. The van der Waals surface area contributed by atoms with Gasteiger partial charge in [-0.25, -0.2) is 4.39 Å². The number of nitrogens with zero attached hydrogens (tertiary/aromatic N) is 2. The number of nitrogens with one attached hydrogen (secondary N) is 1. The Hall–Kier alpha value is -3.00. The number of hydrogen-bond acceptors (Lipinski definition) is 4. The maximum absolute atomic E-state index is 13.2. The van der Waals surface area contributed by atoms with Gasteiger partial charge in [0.2, 0.25) is 5.56 Å². The van der Waals surface area contributed by atoms with Gasteiger partial charge in [-0.2, -0.15) is 0 Å². The third kappa shape index (κ3) is 3.35. The van der Waals surface area contributed by atoms with Crippen molar-refractivity contribution in [3.8, 4) is 0 Å². The van der Waals surface area contributed by atoms with Gasteiger partial charge in [0.25, 0.3) is 11.8 Å². The van der Waals surface area contributed by atoms with Crippen LogP contribution in [-0.4, -0.2) is 53.5 Å². The number of anilines is 1. The first-order valence-electron chi connectivity index (χ1n) is 8.64. The fourth-order valence-corrected chi connectivity index (χ4v) is 3.58. The standard InChI is InChI=1S/C19H18FN3O4/c20-13-4-6-14(7-5-13)23-12-19(27-10-17(23)25)8-9-22(11-19)18(26)15-2-1-3-16(24)21-15/h1-7H,8-12H2,(H,21,24). The summed E-state index contributed by atoms with van der Waals surface area (Å²) in [5.74, 6) is -0.855. The summed E-state index contributed by atoms with van der Waals surface area (Å²) in [6, 6.07) is 10.2. The highest BCUT2D eigenvalue weighted by atomic mass is 19.1. The molecule has 7 nitrogen and oxygen atoms in total. The zero-order chi connectivity index (χ0) is 19.0. The molecule has 4 rings (SSSR count). The van der Waals surface area contributed by atoms with Crippen LogP contribution in [0, 0.1) is 5.82 Å². The van der Waals surface area contributed by atoms with Crippen LogP contribution < -0.4 is 10.5 Å². The molecule has 2 aliphatic rings. The molecule has 0 aliphatic carbocycles. The Morgan fingerprint density at radius 2 is 1.89 bits per heavy atom. The molecule has 1 aromatic carbocycles. The summed E-state index contributed by atoms with van der Waals surface area (Å²) in [5, 5.41) is 0. The summed E-state index contributed by atoms with van der Waals surface area (Å²) in [7, 11) is 0. The van der Waals surface area contributed by atoms with Gasteiger partial charge < -0.3 is 19.5 Å². The highest BCUT2D eigenvalue weighted by molar-refractivity contribution is 5.95. The Balaban J connectivity index is 1.52. The number of hydrogen-bond donors (Lipinski definition) is 1. The Morgan fingerprint density at radius 3 is 2.63 bits per heavy atom. The lowest BCUT2D eigenvalue weighted by Crippen LogP contribution is -2.56. The van der Waals surface area contributed by atoms with Crippen molar-refractivity contribution in [3.05, 3.63) is 64.3 Å². The van der Waals surface area contributed by atoms with Gasteiger partial charge in [-0.05, 0) is 36.8 Å². The maximum atomic E-state index is 13.2. The van der Waals surface area contributed by atoms with Crippen molar-refractivity contribution in [3.63, 3.8) is 0 Å². The minimum atomic E-state index is -0.674. The van der Waals surface area contributed by atoms with E-state index in [2.05, 4.69) is 4.98 Å². The van der Waals surface area contributed by atoms with Gasteiger partial charge in [-0.3, -0.25) is 14.4 Å². The first-order chi connectivity index (χ1) is 13.0. The molecule has 1 aromatic heterocycles. The van der Waals surface area contributed by atoms with Crippen LogP contribution in [0.15, 0.2) is 47.3 Å². The topological polar surface area (TPSA) is 82.7 Å². The highest BCUT2D eigenvalue weighted by Crippen LogP contribution is 2.32. The van der Waals surface area contributed by atoms with Crippen molar-refractivity contribution in [2.45, 2.75) is 12.0 Å². The summed E-state index contributed by atoms with van der Waals surface area (Å²) < 4.78 is 19.0. The molecule has 1 spiro atoms. The summed E-state index contributed by atoms with van der Waals surface area (Å²) in [6.45, 7) is 0.961. The van der Waals surface area contributed by atoms with Crippen LogP contribution in [0.2, 0.25) is 0 Å². The summed E-state index contributed by atoms with van der Waals surface area (Å²) in [5.41, 5.74) is -0.188. The van der Waals surface area contributed by atoms with Gasteiger partial charge in [0.15, 0.2) is 0 Å². The average Bonchev–Trinajstić information content (AvgIpc) is 3.08. The number of carbonyl (C=O) groups excluding carboxylic acids is 2. The molecule has 27 heavy (non-hydrogen) atoms. The van der Waals surface area contributed by atoms with Crippen molar-refractivity contribution >= 4 is 17.5 Å². The molecule has 140 valence electrons. The van der Waals surface area contributed by atoms with Crippen molar-refractivity contribution < 1.29 is 18.7 Å². The monoisotopic (exact) mass is 371 g/mol. The number of amides is 2. The van der Waals surface area contributed by atoms with Crippen molar-refractivity contribution in [1.82, 2.24) is 9.88 Å². The molecule has 2 fully saturated rings. The molecule has 3 heterocycles. The second-order valence-corrected chi connectivity index (χ2v) is 6.83. The van der Waals surface area contributed by atoms with Gasteiger partial charge in [0, 0.05) is 18.3 Å². The number of aromatic nitrogens is 1. The molecule has 2 aliphatic heterocycles. The van der Waals surface area contributed by atoms with Crippen molar-refractivity contribution in [2.75, 3.05) is 31.1 Å². The lowest BCUT2D eigenvalue weighted by molar-refractivity contribution is -0.137. The number of carbonyl (C=O) groups is 2. The summed E-state index contributed by atoms with van der Waals surface area (Å²) >= 11 is 0. The normalized spacial score (nSPS) is 22.5. The van der Waals surface area contributed by atoms with Gasteiger partial charge in [0.1, 0.15) is 23.7 Å². The smallest absolute Gasteiger partial charge is 0.270 e. The molecular formula is C19H18FN3O4. The fraction of sp³-hybridized carbons (Fsp3) is 0.316. The Kier molecular flexibility index (Phi) is 4.27. The van der Waals surface area contributed by atoms with Crippen LogP contribution in [0.3, 0.4) is 0 Å². The van der Waals surface area contributed by atoms with Crippen LogP contribution in [0.1, 0.15) is 16.9 Å². The van der Waals surface area contributed by atoms with E-state index in [1.807, 2.05) is 0 Å². The third-order valence-corrected chi connectivity index (χ3v) is 4.99. The van der Waals surface area contributed by atoms with Crippen LogP contribution in [0.4, 0.5) is 10.1 Å². The van der Waals surface area contributed by atoms with Gasteiger partial charge >= 0.3 is 0 Å². The number of benzene rings is 1. The Bertz CT molecular complexity index is 942. The predicted octanol–water partition coefficient (Wildman–Crippen LogP) is 1.16. The number of H-pyrrole nitrogens is 1. The zero-order valence-electron chi connectivity index (χ0n) is 14.5. The number of likely N-dealkylation sites (tertiary alicyclic amines) is 1. The molecule has 1 N–H and O–H groups in total. The number of morpholine rings is 1. The number of rotatable bonds is 2. The molecule has 2 aromatic rings. The molecule has 1 atom stereocenters. The van der Waals surface area contributed by atoms with E-state index in [0.29, 0.717) is 25.2 Å². The number of ether oxygens (including phenoxy) is 1. The van der Waals surface area contributed by atoms with Gasteiger partial charge in [-0.1, -0.05) is 6.07 Å². The van der Waals surface area contributed by atoms with Crippen molar-refractivity contribution in [1.29, 1.82) is 0 Å². The van der Waals surface area contributed by atoms with Crippen LogP contribution in [0.25, 0.3) is 0 Å². The quantitative estimate of drug-likeness (QED) is 0.859. The van der Waals surface area contributed by atoms with Gasteiger partial charge in [0.05, 0.1) is 13.1 Å². The minimum absolute atomic E-state index is 0.0957. The van der Waals surface area contributed by atoms with Crippen LogP contribution >= 0.6 is 0 Å². The van der Waals surface area contributed by atoms with E-state index in [4.69, 9.17) is 4.74 Å². The van der Waals surface area contributed by atoms with E-state index >= 15 is 0 Å². The molecule has 0 saturated carbocycles. The van der Waals surface area contributed by atoms with Crippen LogP contribution in [0.5, 0.6) is 0 Å². The summed E-state index contributed by atoms with van der Waals surface area (Å²) in [4.78, 5) is 42.1. The van der Waals surface area contributed by atoms with Gasteiger partial charge in [-0.15, -0.1) is 0 Å². The lowest BCUT2D eigenvalue weighted by atomic mass is 10.00. The first kappa shape index (κ1) is 17.4. The molecule has 2 amide bonds. The van der Waals surface area contributed by atoms with Crippen LogP contribution in [-0.2, 0) is 9.53 Å². The number of pyridine rings is 1. The largest absolute Gasteiger partial charge is 0.361 e. The summed E-state index contributed by atoms with van der Waals surface area (Å²) in [6.07, 6.45) is 0.570. The Labute approximate surface area is 154 Å². The molecule has 1 unspecified atom stereocenters. The van der Waals surface area contributed by atoms with E-state index in [0.717, 1.165) is 0 Å². The zero-order valence-corrected chi connectivity index (χ0v) is 14.5. The highest BCUT2D eigenvalue weighted by Gasteiger charge is 2.46. The number of halogens is 1. The SMILES string of the molecule is O=C(c1cccc(=O)[nH]1)N1CCC2(C1)CN(c1ccc(F)cc1)C(=O)CO2. The van der Waals surface area contributed by atoms with E-state index in [1.54, 1.807) is 28.0 Å².